The van der Waals surface area contributed by atoms with E-state index in [1.54, 1.807) is 11.4 Å². The van der Waals surface area contributed by atoms with Crippen LogP contribution in [0.2, 0.25) is 0 Å². The van der Waals surface area contributed by atoms with E-state index in [-0.39, 0.29) is 5.56 Å². The summed E-state index contributed by atoms with van der Waals surface area (Å²) in [6, 6.07) is 7.43. The number of hydrogen-bond donors (Lipinski definition) is 1. The molecule has 2 aromatic rings. The summed E-state index contributed by atoms with van der Waals surface area (Å²) >= 11 is 1.41. The minimum atomic E-state index is -2.71. The number of alkyl halides is 2. The van der Waals surface area contributed by atoms with Gasteiger partial charge in [0.1, 0.15) is 0 Å². The van der Waals surface area contributed by atoms with Crippen molar-refractivity contribution in [3.8, 4) is 0 Å². The lowest BCUT2D eigenvalue weighted by atomic mass is 9.87. The topological polar surface area (TPSA) is 12.0 Å². The maximum atomic E-state index is 14.6. The molecule has 0 bridgehead atoms. The minimum Gasteiger partial charge on any atom is -0.317 e. The van der Waals surface area contributed by atoms with Crippen LogP contribution in [0, 0.1) is 5.92 Å². The highest BCUT2D eigenvalue weighted by molar-refractivity contribution is 7.17. The second-order valence-corrected chi connectivity index (χ2v) is 5.70. The molecule has 0 amide bonds. The Morgan fingerprint density at radius 3 is 2.67 bits per heavy atom. The van der Waals surface area contributed by atoms with Crippen molar-refractivity contribution in [2.24, 2.45) is 5.92 Å². The van der Waals surface area contributed by atoms with Crippen LogP contribution < -0.4 is 5.32 Å². The lowest BCUT2D eigenvalue weighted by molar-refractivity contribution is -0.0737. The quantitative estimate of drug-likeness (QED) is 0.867. The molecule has 1 nitrogen and oxygen atoms in total. The van der Waals surface area contributed by atoms with Gasteiger partial charge < -0.3 is 5.32 Å². The molecular formula is C14H15F2NS. The summed E-state index contributed by atoms with van der Waals surface area (Å²) in [6.07, 6.45) is 1.11. The average Bonchev–Trinajstić information content (AvgIpc) is 2.84. The van der Waals surface area contributed by atoms with Crippen molar-refractivity contribution in [2.45, 2.75) is 18.8 Å². The van der Waals surface area contributed by atoms with Crippen LogP contribution in [0.3, 0.4) is 0 Å². The molecule has 1 aliphatic heterocycles. The predicted molar refractivity (Wildman–Crippen MR) is 71.3 cm³/mol. The molecular weight excluding hydrogens is 252 g/mol. The Kier molecular flexibility index (Phi) is 3.08. The molecule has 0 atom stereocenters. The third-order valence-electron chi connectivity index (χ3n) is 3.69. The van der Waals surface area contributed by atoms with Gasteiger partial charge in [0, 0.05) is 26.9 Å². The highest BCUT2D eigenvalue weighted by atomic mass is 32.1. The summed E-state index contributed by atoms with van der Waals surface area (Å²) < 4.78 is 30.1. The van der Waals surface area contributed by atoms with Crippen LogP contribution in [0.5, 0.6) is 0 Å². The van der Waals surface area contributed by atoms with Crippen LogP contribution in [0.1, 0.15) is 18.4 Å². The molecule has 1 saturated heterocycles. The van der Waals surface area contributed by atoms with Gasteiger partial charge in [-0.2, -0.15) is 0 Å². The molecule has 1 aliphatic rings. The first-order chi connectivity index (χ1) is 8.69. The van der Waals surface area contributed by atoms with Gasteiger partial charge in [-0.05, 0) is 32.0 Å². The fourth-order valence-corrected chi connectivity index (χ4v) is 3.63. The van der Waals surface area contributed by atoms with Crippen molar-refractivity contribution in [2.75, 3.05) is 13.1 Å². The molecule has 0 spiro atoms. The molecule has 3 rings (SSSR count). The third-order valence-corrected chi connectivity index (χ3v) is 4.66. The Hall–Kier alpha value is -1.00. The first kappa shape index (κ1) is 12.1. The molecule has 0 radical (unpaired) electrons. The molecule has 18 heavy (non-hydrogen) atoms. The van der Waals surface area contributed by atoms with E-state index in [9.17, 15) is 8.78 Å². The zero-order valence-electron chi connectivity index (χ0n) is 9.96. The van der Waals surface area contributed by atoms with Crippen LogP contribution in [0.25, 0.3) is 10.1 Å². The van der Waals surface area contributed by atoms with Crippen LogP contribution in [-0.4, -0.2) is 13.1 Å². The Morgan fingerprint density at radius 1 is 1.17 bits per heavy atom. The Bertz CT molecular complexity index is 543. The van der Waals surface area contributed by atoms with Gasteiger partial charge in [-0.25, -0.2) is 8.78 Å². The number of piperidine rings is 1. The summed E-state index contributed by atoms with van der Waals surface area (Å²) in [5, 5.41) is 5.48. The first-order valence-electron chi connectivity index (χ1n) is 6.25. The van der Waals surface area contributed by atoms with E-state index in [1.807, 2.05) is 18.2 Å². The number of nitrogens with one attached hydrogen (secondary N) is 1. The van der Waals surface area contributed by atoms with Gasteiger partial charge in [0.05, 0.1) is 0 Å². The number of halogens is 2. The van der Waals surface area contributed by atoms with Gasteiger partial charge in [0.2, 0.25) is 0 Å². The van der Waals surface area contributed by atoms with Crippen molar-refractivity contribution in [3.63, 3.8) is 0 Å². The van der Waals surface area contributed by atoms with E-state index in [4.69, 9.17) is 0 Å². The van der Waals surface area contributed by atoms with Crippen molar-refractivity contribution >= 4 is 21.4 Å². The van der Waals surface area contributed by atoms with Crippen molar-refractivity contribution in [3.05, 3.63) is 35.2 Å². The average molecular weight is 267 g/mol. The first-order valence-corrected chi connectivity index (χ1v) is 7.13. The molecule has 0 aliphatic carbocycles. The van der Waals surface area contributed by atoms with Gasteiger partial charge in [0.15, 0.2) is 0 Å². The fraction of sp³-hybridized carbons (Fsp3) is 0.429. The molecule has 0 saturated carbocycles. The van der Waals surface area contributed by atoms with Crippen LogP contribution in [-0.2, 0) is 5.92 Å². The van der Waals surface area contributed by atoms with E-state index in [0.29, 0.717) is 31.3 Å². The number of fused-ring (bicyclic) bond motifs is 1. The molecule has 2 heterocycles. The van der Waals surface area contributed by atoms with Gasteiger partial charge in [0.25, 0.3) is 5.92 Å². The maximum Gasteiger partial charge on any atom is 0.277 e. The summed E-state index contributed by atoms with van der Waals surface area (Å²) in [7, 11) is 0. The highest BCUT2D eigenvalue weighted by Crippen LogP contribution is 2.45. The lowest BCUT2D eigenvalue weighted by Crippen LogP contribution is -2.36. The van der Waals surface area contributed by atoms with Gasteiger partial charge in [-0.15, -0.1) is 11.3 Å². The molecule has 1 aromatic carbocycles. The van der Waals surface area contributed by atoms with E-state index < -0.39 is 11.8 Å². The van der Waals surface area contributed by atoms with Gasteiger partial charge in [-0.3, -0.25) is 0 Å². The Balaban J connectivity index is 2.01. The maximum absolute atomic E-state index is 14.6. The van der Waals surface area contributed by atoms with Crippen LogP contribution >= 0.6 is 11.3 Å². The van der Waals surface area contributed by atoms with Gasteiger partial charge >= 0.3 is 0 Å². The number of hydrogen-bond acceptors (Lipinski definition) is 2. The molecule has 4 heteroatoms. The lowest BCUT2D eigenvalue weighted by Gasteiger charge is -2.30. The van der Waals surface area contributed by atoms with Crippen molar-refractivity contribution in [1.29, 1.82) is 0 Å². The zero-order chi connectivity index (χ0) is 12.6. The van der Waals surface area contributed by atoms with Crippen molar-refractivity contribution in [1.82, 2.24) is 5.32 Å². The molecule has 1 N–H and O–H groups in total. The normalized spacial score (nSPS) is 18.3. The van der Waals surface area contributed by atoms with Crippen LogP contribution in [0.4, 0.5) is 8.78 Å². The summed E-state index contributed by atoms with van der Waals surface area (Å²) in [6.45, 7) is 1.39. The zero-order valence-corrected chi connectivity index (χ0v) is 10.8. The minimum absolute atomic E-state index is 0.218. The monoisotopic (exact) mass is 267 g/mol. The third kappa shape index (κ3) is 1.93. The molecule has 1 aromatic heterocycles. The standard InChI is InChI=1S/C14H15F2NS/c15-14(16,10-5-7-17-8-6-10)12-9-18-13-4-2-1-3-11(12)13/h1-4,9-10,17H,5-8H2. The van der Waals surface area contributed by atoms with Crippen molar-refractivity contribution < 1.29 is 8.78 Å². The highest BCUT2D eigenvalue weighted by Gasteiger charge is 2.43. The number of benzene rings is 1. The molecule has 96 valence electrons. The second kappa shape index (κ2) is 4.59. The second-order valence-electron chi connectivity index (χ2n) is 4.79. The van der Waals surface area contributed by atoms with E-state index in [0.717, 1.165) is 4.70 Å². The van der Waals surface area contributed by atoms with E-state index >= 15 is 0 Å². The Morgan fingerprint density at radius 2 is 1.89 bits per heavy atom. The molecule has 0 unspecified atom stereocenters. The summed E-state index contributed by atoms with van der Waals surface area (Å²) in [5.74, 6) is -3.24. The molecule has 1 fully saturated rings. The summed E-state index contributed by atoms with van der Waals surface area (Å²) in [4.78, 5) is 0. The fourth-order valence-electron chi connectivity index (χ4n) is 2.64. The number of rotatable bonds is 2. The predicted octanol–water partition coefficient (Wildman–Crippen LogP) is 3.99. The number of thiophene rings is 1. The Labute approximate surface area is 109 Å². The van der Waals surface area contributed by atoms with Crippen LogP contribution in [0.15, 0.2) is 29.6 Å². The largest absolute Gasteiger partial charge is 0.317 e. The van der Waals surface area contributed by atoms with E-state index in [1.165, 1.54) is 11.3 Å². The van der Waals surface area contributed by atoms with Gasteiger partial charge in [-0.1, -0.05) is 18.2 Å². The summed E-state index contributed by atoms with van der Waals surface area (Å²) in [5.41, 5.74) is 0.218. The van der Waals surface area contributed by atoms with E-state index in [2.05, 4.69) is 5.32 Å². The smallest absolute Gasteiger partial charge is 0.277 e. The SMILES string of the molecule is FC(F)(c1csc2ccccc12)C1CCNCC1.